The highest BCUT2D eigenvalue weighted by Crippen LogP contribution is 2.35. The Morgan fingerprint density at radius 1 is 1.07 bits per heavy atom. The first-order valence-corrected chi connectivity index (χ1v) is 2.85. The lowest BCUT2D eigenvalue weighted by Gasteiger charge is -2.20. The smallest absolute Gasteiger partial charge is 0.432 e. The van der Waals surface area contributed by atoms with E-state index in [1.807, 2.05) is 0 Å². The highest BCUT2D eigenvalue weighted by atomic mass is 19.4. The third kappa shape index (κ3) is 3.79. The molecule has 0 N–H and O–H groups in total. The Balaban J connectivity index is 4.54. The number of ether oxygens (including phenoxy) is 1. The zero-order chi connectivity index (χ0) is 11.6. The fourth-order valence-electron chi connectivity index (χ4n) is 0.373. The van der Waals surface area contributed by atoms with Crippen molar-refractivity contribution in [2.75, 3.05) is 0 Å². The van der Waals surface area contributed by atoms with Gasteiger partial charge in [-0.3, -0.25) is 0 Å². The zero-order valence-corrected chi connectivity index (χ0v) is 6.09. The number of rotatable bonds is 3. The van der Waals surface area contributed by atoms with Crippen LogP contribution in [0.4, 0.5) is 35.1 Å². The van der Waals surface area contributed by atoms with Crippen LogP contribution in [-0.2, 0) is 4.74 Å². The maximum absolute atomic E-state index is 12.0. The second-order valence-electron chi connectivity index (χ2n) is 1.99. The van der Waals surface area contributed by atoms with Gasteiger partial charge in [0.25, 0.3) is 6.17 Å². The molecule has 1 nitrogen and oxygen atoms in total. The van der Waals surface area contributed by atoms with E-state index in [1.165, 1.54) is 0 Å². The Hall–Kier alpha value is -1.02. The molecule has 0 aromatic rings. The predicted octanol–water partition coefficient (Wildman–Crippen LogP) is 3.23. The first-order valence-electron chi connectivity index (χ1n) is 2.85. The molecular formula is C5H2F8O. The lowest BCUT2D eigenvalue weighted by Crippen LogP contribution is -2.42. The van der Waals surface area contributed by atoms with Gasteiger partial charge in [-0.15, -0.1) is 0 Å². The lowest BCUT2D eigenvalue weighted by atomic mass is 10.3. The van der Waals surface area contributed by atoms with Crippen LogP contribution in [0.5, 0.6) is 0 Å². The molecule has 0 amide bonds. The molecule has 0 fully saturated rings. The Labute approximate surface area is 71.9 Å². The molecule has 0 radical (unpaired) electrons. The molecule has 84 valence electrons. The van der Waals surface area contributed by atoms with Gasteiger partial charge in [-0.25, -0.2) is 4.39 Å². The van der Waals surface area contributed by atoms with E-state index in [2.05, 4.69) is 4.74 Å². The molecule has 1 unspecified atom stereocenters. The number of halogens is 8. The normalized spacial score (nSPS) is 14.9. The zero-order valence-electron chi connectivity index (χ0n) is 6.09. The van der Waals surface area contributed by atoms with Gasteiger partial charge in [0.15, 0.2) is 6.26 Å². The summed E-state index contributed by atoms with van der Waals surface area (Å²) in [4.78, 5) is 0. The Kier molecular flexibility index (Phi) is 3.72. The van der Waals surface area contributed by atoms with Gasteiger partial charge in [-0.2, -0.15) is 30.7 Å². The van der Waals surface area contributed by atoms with Crippen molar-refractivity contribution in [3.8, 4) is 0 Å². The van der Waals surface area contributed by atoms with Gasteiger partial charge in [0.2, 0.25) is 0 Å². The van der Waals surface area contributed by atoms with Crippen LogP contribution in [0.3, 0.4) is 0 Å². The Morgan fingerprint density at radius 3 is 1.79 bits per heavy atom. The van der Waals surface area contributed by atoms with Crippen molar-refractivity contribution < 1.29 is 39.9 Å². The average molecular weight is 230 g/mol. The molecule has 0 aliphatic carbocycles. The van der Waals surface area contributed by atoms with Crippen LogP contribution in [0.25, 0.3) is 0 Å². The summed E-state index contributed by atoms with van der Waals surface area (Å²) in [7, 11) is 0. The second-order valence-corrected chi connectivity index (χ2v) is 1.99. The topological polar surface area (TPSA) is 9.23 Å². The molecule has 0 aliphatic rings. The van der Waals surface area contributed by atoms with Gasteiger partial charge < -0.3 is 4.74 Å². The third-order valence-electron chi connectivity index (χ3n) is 0.888. The summed E-state index contributed by atoms with van der Waals surface area (Å²) in [5.74, 6) is 0. The molecule has 0 rings (SSSR count). The van der Waals surface area contributed by atoms with Gasteiger partial charge in [0.05, 0.1) is 0 Å². The molecule has 1 atom stereocenters. The molecule has 0 spiro atoms. The van der Waals surface area contributed by atoms with Crippen molar-refractivity contribution in [3.05, 3.63) is 12.3 Å². The molecule has 0 heterocycles. The van der Waals surface area contributed by atoms with E-state index in [-0.39, 0.29) is 0 Å². The van der Waals surface area contributed by atoms with Crippen LogP contribution in [-0.4, -0.2) is 18.5 Å². The van der Waals surface area contributed by atoms with Crippen molar-refractivity contribution in [2.45, 2.75) is 18.5 Å². The monoisotopic (exact) mass is 230 g/mol. The van der Waals surface area contributed by atoms with Crippen LogP contribution in [0.2, 0.25) is 0 Å². The molecule has 0 aliphatic heterocycles. The van der Waals surface area contributed by atoms with Gasteiger partial charge in [-0.05, 0) is 0 Å². The fraction of sp³-hybridized carbons (Fsp3) is 0.600. The molecule has 0 aromatic carbocycles. The van der Waals surface area contributed by atoms with E-state index >= 15 is 0 Å². The first-order chi connectivity index (χ1) is 6.07. The largest absolute Gasteiger partial charge is 0.438 e. The number of hydrogen-bond acceptors (Lipinski definition) is 1. The van der Waals surface area contributed by atoms with E-state index in [1.54, 1.807) is 0 Å². The first kappa shape index (κ1) is 13.0. The number of alkyl halides is 6. The minimum Gasteiger partial charge on any atom is -0.432 e. The fourth-order valence-corrected chi connectivity index (χ4v) is 0.373. The summed E-state index contributed by atoms with van der Waals surface area (Å²) < 4.78 is 94.7. The van der Waals surface area contributed by atoms with Crippen LogP contribution in [0, 0.1) is 0 Å². The minimum atomic E-state index is -5.88. The molecule has 0 saturated heterocycles. The number of hydrogen-bond donors (Lipinski definition) is 0. The second kappa shape index (κ2) is 4.01. The summed E-state index contributed by atoms with van der Waals surface area (Å²) >= 11 is 0. The summed E-state index contributed by atoms with van der Waals surface area (Å²) in [6.07, 6.45) is -19.7. The molecule has 9 heteroatoms. The summed E-state index contributed by atoms with van der Waals surface area (Å²) in [5, 5.41) is 0. The maximum atomic E-state index is 12.0. The molecule has 14 heavy (non-hydrogen) atoms. The van der Waals surface area contributed by atoms with E-state index < -0.39 is 30.8 Å². The lowest BCUT2D eigenvalue weighted by molar-refractivity contribution is -0.319. The van der Waals surface area contributed by atoms with Crippen LogP contribution >= 0.6 is 0 Å². The van der Waals surface area contributed by atoms with Crippen LogP contribution in [0.1, 0.15) is 0 Å². The molecule has 0 aromatic heterocycles. The summed E-state index contributed by atoms with van der Waals surface area (Å²) in [6, 6.07) is 0. The van der Waals surface area contributed by atoms with Crippen LogP contribution in [0.15, 0.2) is 12.3 Å². The predicted molar refractivity (Wildman–Crippen MR) is 27.3 cm³/mol. The summed E-state index contributed by atoms with van der Waals surface area (Å²) in [6.45, 7) is 0. The maximum Gasteiger partial charge on any atom is 0.438 e. The van der Waals surface area contributed by atoms with E-state index in [0.717, 1.165) is 0 Å². The van der Waals surface area contributed by atoms with Gasteiger partial charge >= 0.3 is 18.4 Å². The highest BCUT2D eigenvalue weighted by molar-refractivity contribution is 4.80. The molecule has 0 bridgehead atoms. The highest BCUT2D eigenvalue weighted by Gasteiger charge is 2.59. The van der Waals surface area contributed by atoms with E-state index in [4.69, 9.17) is 0 Å². The van der Waals surface area contributed by atoms with Crippen LogP contribution < -0.4 is 0 Å². The minimum absolute atomic E-state index is 0.960. The van der Waals surface area contributed by atoms with Gasteiger partial charge in [-0.1, -0.05) is 0 Å². The molecule has 0 saturated carbocycles. The van der Waals surface area contributed by atoms with Gasteiger partial charge in [0.1, 0.15) is 0 Å². The third-order valence-corrected chi connectivity index (χ3v) is 0.888. The quantitative estimate of drug-likeness (QED) is 0.534. The molecular weight excluding hydrogens is 228 g/mol. The van der Waals surface area contributed by atoms with Crippen molar-refractivity contribution >= 4 is 0 Å². The summed E-state index contributed by atoms with van der Waals surface area (Å²) in [5.41, 5.74) is 0. The van der Waals surface area contributed by atoms with E-state index in [0.29, 0.717) is 0 Å². The average Bonchev–Trinajstić information content (AvgIpc) is 1.98. The standard InChI is InChI=1S/C5H2F8O/c6-2(7)1-14-5(12,13)3(8)4(9,10)11/h1,3H. The van der Waals surface area contributed by atoms with Crippen molar-refractivity contribution in [3.63, 3.8) is 0 Å². The SMILES string of the molecule is FC(F)=COC(F)(F)C(F)C(F)(F)F. The Bertz CT molecular complexity index is 214. The van der Waals surface area contributed by atoms with Crippen molar-refractivity contribution in [1.82, 2.24) is 0 Å². The van der Waals surface area contributed by atoms with Gasteiger partial charge in [0, 0.05) is 0 Å². The van der Waals surface area contributed by atoms with E-state index in [9.17, 15) is 35.1 Å². The van der Waals surface area contributed by atoms with Crippen molar-refractivity contribution in [1.29, 1.82) is 0 Å². The van der Waals surface area contributed by atoms with Crippen molar-refractivity contribution in [2.24, 2.45) is 0 Å². The Morgan fingerprint density at radius 2 is 1.50 bits per heavy atom.